The quantitative estimate of drug-likeness (QED) is 0.466. The van der Waals surface area contributed by atoms with Crippen LogP contribution in [0.2, 0.25) is 0 Å². The third-order valence-corrected chi connectivity index (χ3v) is 1.21. The fourth-order valence-electron chi connectivity index (χ4n) is 0.710. The summed E-state index contributed by atoms with van der Waals surface area (Å²) >= 11 is 0. The van der Waals surface area contributed by atoms with Gasteiger partial charge in [-0.15, -0.1) is 0 Å². The van der Waals surface area contributed by atoms with Gasteiger partial charge in [0.25, 0.3) is 0 Å². The molecule has 0 amide bonds. The second-order valence-corrected chi connectivity index (χ2v) is 1.81. The third kappa shape index (κ3) is 0.747. The summed E-state index contributed by atoms with van der Waals surface area (Å²) in [7, 11) is 0. The summed E-state index contributed by atoms with van der Waals surface area (Å²) in [5, 5.41) is 8.73. The average molecular weight is 99.1 g/mol. The molecule has 1 aliphatic carbocycles. The largest absolute Gasteiger partial charge is 0.511 e. The maximum atomic E-state index is 8.73. The van der Waals surface area contributed by atoms with Gasteiger partial charge in [-0.1, -0.05) is 0 Å². The van der Waals surface area contributed by atoms with Crippen molar-refractivity contribution in [2.75, 3.05) is 0 Å². The van der Waals surface area contributed by atoms with Crippen molar-refractivity contribution in [1.29, 1.82) is 0 Å². The smallest absolute Gasteiger partial charge is 0.105 e. The molecule has 3 N–H and O–H groups in total. The monoisotopic (exact) mass is 99.1 g/mol. The van der Waals surface area contributed by atoms with Crippen LogP contribution in [-0.4, -0.2) is 11.1 Å². The van der Waals surface area contributed by atoms with Gasteiger partial charge in [0.1, 0.15) is 5.76 Å². The van der Waals surface area contributed by atoms with Crippen molar-refractivity contribution in [2.45, 2.75) is 18.9 Å². The molecule has 0 spiro atoms. The Bertz CT molecular complexity index is 98.3. The highest BCUT2D eigenvalue weighted by molar-refractivity contribution is 5.06. The van der Waals surface area contributed by atoms with E-state index >= 15 is 0 Å². The van der Waals surface area contributed by atoms with E-state index in [1.807, 2.05) is 0 Å². The first-order chi connectivity index (χ1) is 3.30. The molecular formula is C5H9NO. The van der Waals surface area contributed by atoms with E-state index in [4.69, 9.17) is 10.8 Å². The first kappa shape index (κ1) is 4.65. The molecule has 40 valence electrons. The lowest BCUT2D eigenvalue weighted by Gasteiger charge is -1.98. The Morgan fingerprint density at radius 3 is 2.71 bits per heavy atom. The molecule has 1 atom stereocenters. The number of nitrogens with two attached hydrogens (primary N) is 1. The first-order valence-corrected chi connectivity index (χ1v) is 2.45. The van der Waals surface area contributed by atoms with Crippen LogP contribution in [-0.2, 0) is 0 Å². The van der Waals surface area contributed by atoms with Crippen LogP contribution in [0.4, 0.5) is 0 Å². The molecule has 1 rings (SSSR count). The number of aliphatic hydroxyl groups excluding tert-OH is 1. The molecule has 0 fully saturated rings. The van der Waals surface area contributed by atoms with Crippen LogP contribution in [0.3, 0.4) is 0 Å². The van der Waals surface area contributed by atoms with Gasteiger partial charge in [-0.2, -0.15) is 0 Å². The summed E-state index contributed by atoms with van der Waals surface area (Å²) < 4.78 is 0. The Kier molecular flexibility index (Phi) is 1.02. The zero-order valence-electron chi connectivity index (χ0n) is 4.09. The Morgan fingerprint density at radius 1 is 1.86 bits per heavy atom. The van der Waals surface area contributed by atoms with Gasteiger partial charge >= 0.3 is 0 Å². The molecule has 0 saturated heterocycles. The van der Waals surface area contributed by atoms with Crippen molar-refractivity contribution in [3.8, 4) is 0 Å². The van der Waals surface area contributed by atoms with Crippen molar-refractivity contribution >= 4 is 0 Å². The highest BCUT2D eigenvalue weighted by Crippen LogP contribution is 2.12. The fourth-order valence-corrected chi connectivity index (χ4v) is 0.710. The summed E-state index contributed by atoms with van der Waals surface area (Å²) in [5.74, 6) is 0.361. The van der Waals surface area contributed by atoms with Gasteiger partial charge in [-0.05, 0) is 18.9 Å². The molecule has 7 heavy (non-hydrogen) atoms. The molecule has 0 saturated carbocycles. The number of allylic oxidation sites excluding steroid dienone is 1. The van der Waals surface area contributed by atoms with Gasteiger partial charge in [-0.25, -0.2) is 0 Å². The Morgan fingerprint density at radius 2 is 2.57 bits per heavy atom. The Balaban J connectivity index is 2.54. The molecule has 0 aliphatic heterocycles. The van der Waals surface area contributed by atoms with Crippen LogP contribution in [0.15, 0.2) is 11.8 Å². The van der Waals surface area contributed by atoms with E-state index in [1.54, 1.807) is 6.08 Å². The highest BCUT2D eigenvalue weighted by Gasteiger charge is 2.11. The van der Waals surface area contributed by atoms with Gasteiger partial charge in [0.15, 0.2) is 0 Å². The lowest BCUT2D eigenvalue weighted by Crippen LogP contribution is -2.17. The van der Waals surface area contributed by atoms with E-state index in [-0.39, 0.29) is 6.04 Å². The standard InChI is InChI=1S/C5H9NO/c6-4-2-1-3-5(4)7/h3-4,7H,1-2,6H2. The number of aliphatic hydroxyl groups is 1. The maximum Gasteiger partial charge on any atom is 0.105 e. The van der Waals surface area contributed by atoms with Crippen molar-refractivity contribution < 1.29 is 5.11 Å². The molecule has 0 heterocycles. The zero-order chi connectivity index (χ0) is 5.28. The maximum absolute atomic E-state index is 8.73. The van der Waals surface area contributed by atoms with Crippen molar-refractivity contribution in [1.82, 2.24) is 0 Å². The summed E-state index contributed by atoms with van der Waals surface area (Å²) in [6.07, 6.45) is 3.61. The minimum Gasteiger partial charge on any atom is -0.511 e. The molecule has 0 bridgehead atoms. The van der Waals surface area contributed by atoms with Crippen LogP contribution in [0.5, 0.6) is 0 Å². The predicted molar refractivity (Wildman–Crippen MR) is 27.9 cm³/mol. The fraction of sp³-hybridized carbons (Fsp3) is 0.600. The van der Waals surface area contributed by atoms with Crippen LogP contribution in [0, 0.1) is 0 Å². The van der Waals surface area contributed by atoms with E-state index < -0.39 is 0 Å². The molecule has 2 nitrogen and oxygen atoms in total. The van der Waals surface area contributed by atoms with Crippen molar-refractivity contribution in [2.24, 2.45) is 5.73 Å². The van der Waals surface area contributed by atoms with Crippen LogP contribution in [0.25, 0.3) is 0 Å². The van der Waals surface area contributed by atoms with Gasteiger partial charge in [0.05, 0.1) is 6.04 Å². The lowest BCUT2D eigenvalue weighted by molar-refractivity contribution is 0.376. The van der Waals surface area contributed by atoms with Gasteiger partial charge in [0.2, 0.25) is 0 Å². The normalized spacial score (nSPS) is 30.4. The van der Waals surface area contributed by atoms with Gasteiger partial charge < -0.3 is 10.8 Å². The van der Waals surface area contributed by atoms with Crippen molar-refractivity contribution in [3.05, 3.63) is 11.8 Å². The van der Waals surface area contributed by atoms with E-state index in [9.17, 15) is 0 Å². The molecule has 0 aromatic rings. The number of rotatable bonds is 0. The Labute approximate surface area is 42.6 Å². The predicted octanol–water partition coefficient (Wildman–Crippen LogP) is 0.549. The van der Waals surface area contributed by atoms with Gasteiger partial charge in [0, 0.05) is 0 Å². The SMILES string of the molecule is NC1CCC=C1O. The van der Waals surface area contributed by atoms with Crippen LogP contribution in [0.1, 0.15) is 12.8 Å². The van der Waals surface area contributed by atoms with Crippen molar-refractivity contribution in [3.63, 3.8) is 0 Å². The Hall–Kier alpha value is -0.500. The van der Waals surface area contributed by atoms with Gasteiger partial charge in [-0.3, -0.25) is 0 Å². The molecule has 2 heteroatoms. The van der Waals surface area contributed by atoms with E-state index in [1.165, 1.54) is 0 Å². The number of hydrogen-bond donors (Lipinski definition) is 2. The lowest BCUT2D eigenvalue weighted by atomic mass is 10.3. The topological polar surface area (TPSA) is 46.2 Å². The summed E-state index contributed by atoms with van der Waals surface area (Å²) in [4.78, 5) is 0. The summed E-state index contributed by atoms with van der Waals surface area (Å²) in [6.45, 7) is 0. The number of hydrogen-bond acceptors (Lipinski definition) is 2. The molecule has 0 aromatic carbocycles. The second kappa shape index (κ2) is 1.54. The average Bonchev–Trinajstić information content (AvgIpc) is 1.91. The molecule has 1 unspecified atom stereocenters. The second-order valence-electron chi connectivity index (χ2n) is 1.81. The van der Waals surface area contributed by atoms with E-state index in [2.05, 4.69) is 0 Å². The molecule has 0 aromatic heterocycles. The highest BCUT2D eigenvalue weighted by atomic mass is 16.3. The minimum absolute atomic E-state index is 0.0694. The third-order valence-electron chi connectivity index (χ3n) is 1.21. The van der Waals surface area contributed by atoms with E-state index in [0.717, 1.165) is 12.8 Å². The first-order valence-electron chi connectivity index (χ1n) is 2.45. The minimum atomic E-state index is -0.0694. The zero-order valence-corrected chi connectivity index (χ0v) is 4.09. The summed E-state index contributed by atoms with van der Waals surface area (Å²) in [5.41, 5.74) is 5.36. The van der Waals surface area contributed by atoms with Crippen LogP contribution >= 0.6 is 0 Å². The molecular weight excluding hydrogens is 90.1 g/mol. The van der Waals surface area contributed by atoms with E-state index in [0.29, 0.717) is 5.76 Å². The van der Waals surface area contributed by atoms with Crippen LogP contribution < -0.4 is 5.73 Å². The molecule has 0 radical (unpaired) electrons. The summed E-state index contributed by atoms with van der Waals surface area (Å²) in [6, 6.07) is -0.0694. The molecule has 1 aliphatic rings.